The highest BCUT2D eigenvalue weighted by molar-refractivity contribution is 7.92. The van der Waals surface area contributed by atoms with Gasteiger partial charge in [0.05, 0.1) is 11.9 Å². The molecule has 1 aliphatic heterocycles. The first-order chi connectivity index (χ1) is 14.2. The summed E-state index contributed by atoms with van der Waals surface area (Å²) in [5, 5.41) is 2.90. The molecule has 7 heteroatoms. The fourth-order valence-electron chi connectivity index (χ4n) is 3.88. The molecule has 1 atom stereocenters. The predicted molar refractivity (Wildman–Crippen MR) is 124 cm³/mol. The molecule has 30 heavy (non-hydrogen) atoms. The van der Waals surface area contributed by atoms with Gasteiger partial charge in [-0.1, -0.05) is 13.0 Å². The van der Waals surface area contributed by atoms with Gasteiger partial charge in [-0.2, -0.15) is 0 Å². The molecule has 2 aromatic carbocycles. The average Bonchev–Trinajstić information content (AvgIpc) is 3.22. The van der Waals surface area contributed by atoms with Crippen LogP contribution < -0.4 is 14.5 Å². The standard InChI is InChI=1S/C23H31N3O3S/c1-5-22(26(30(4,28)29)21-11-8-17(2)18(3)16-21)23(27)24-19-9-12-20(13-10-19)25-14-6-7-15-25/h8-13,16,22H,5-7,14-15H2,1-4H3,(H,24,27)/t22-/m1/s1. The van der Waals surface area contributed by atoms with Crippen molar-refractivity contribution in [3.63, 3.8) is 0 Å². The van der Waals surface area contributed by atoms with E-state index >= 15 is 0 Å². The molecule has 0 spiro atoms. The zero-order chi connectivity index (χ0) is 21.9. The molecule has 0 radical (unpaired) electrons. The number of hydrogen-bond acceptors (Lipinski definition) is 4. The summed E-state index contributed by atoms with van der Waals surface area (Å²) in [6.07, 6.45) is 3.91. The van der Waals surface area contributed by atoms with Crippen molar-refractivity contribution in [2.24, 2.45) is 0 Å². The number of benzene rings is 2. The normalized spacial score (nSPS) is 15.1. The number of sulfonamides is 1. The van der Waals surface area contributed by atoms with Crippen LogP contribution in [0.3, 0.4) is 0 Å². The van der Waals surface area contributed by atoms with Gasteiger partial charge >= 0.3 is 0 Å². The quantitative estimate of drug-likeness (QED) is 0.720. The van der Waals surface area contributed by atoms with Gasteiger partial charge in [0.25, 0.3) is 0 Å². The van der Waals surface area contributed by atoms with Crippen molar-refractivity contribution in [1.29, 1.82) is 0 Å². The van der Waals surface area contributed by atoms with Crippen molar-refractivity contribution in [2.45, 2.75) is 46.1 Å². The number of hydrogen-bond donors (Lipinski definition) is 1. The lowest BCUT2D eigenvalue weighted by atomic mass is 10.1. The SMILES string of the molecule is CC[C@H](C(=O)Nc1ccc(N2CCCC2)cc1)N(c1ccc(C)c(C)c1)S(C)(=O)=O. The molecule has 0 bridgehead atoms. The van der Waals surface area contributed by atoms with Crippen LogP contribution in [-0.4, -0.2) is 39.7 Å². The second-order valence-corrected chi connectivity index (χ2v) is 9.84. The van der Waals surface area contributed by atoms with Crippen LogP contribution in [0.15, 0.2) is 42.5 Å². The monoisotopic (exact) mass is 429 g/mol. The van der Waals surface area contributed by atoms with Gasteiger partial charge in [-0.05, 0) is 80.6 Å². The highest BCUT2D eigenvalue weighted by atomic mass is 32.2. The maximum absolute atomic E-state index is 13.1. The first-order valence-corrected chi connectivity index (χ1v) is 12.3. The third-order valence-corrected chi connectivity index (χ3v) is 6.86. The number of carbonyl (C=O) groups excluding carboxylic acids is 1. The van der Waals surface area contributed by atoms with Crippen molar-refractivity contribution in [2.75, 3.05) is 33.9 Å². The van der Waals surface area contributed by atoms with E-state index in [1.54, 1.807) is 6.07 Å². The first-order valence-electron chi connectivity index (χ1n) is 10.4. The molecule has 0 saturated carbocycles. The average molecular weight is 430 g/mol. The van der Waals surface area contributed by atoms with E-state index < -0.39 is 16.1 Å². The van der Waals surface area contributed by atoms with Crippen LogP contribution in [0.1, 0.15) is 37.3 Å². The Kier molecular flexibility index (Phi) is 6.71. The van der Waals surface area contributed by atoms with Gasteiger partial charge in [0.15, 0.2) is 0 Å². The summed E-state index contributed by atoms with van der Waals surface area (Å²) in [7, 11) is -3.65. The summed E-state index contributed by atoms with van der Waals surface area (Å²) >= 11 is 0. The smallest absolute Gasteiger partial charge is 0.248 e. The van der Waals surface area contributed by atoms with Crippen molar-refractivity contribution in [1.82, 2.24) is 0 Å². The van der Waals surface area contributed by atoms with E-state index in [2.05, 4.69) is 10.2 Å². The number of nitrogens with zero attached hydrogens (tertiary/aromatic N) is 2. The van der Waals surface area contributed by atoms with E-state index in [1.807, 2.05) is 57.2 Å². The van der Waals surface area contributed by atoms with Crippen LogP contribution in [0.4, 0.5) is 17.1 Å². The Hall–Kier alpha value is -2.54. The van der Waals surface area contributed by atoms with Gasteiger partial charge in [-0.25, -0.2) is 8.42 Å². The Morgan fingerprint density at radius 2 is 1.70 bits per heavy atom. The minimum Gasteiger partial charge on any atom is -0.372 e. The van der Waals surface area contributed by atoms with Crippen molar-refractivity contribution < 1.29 is 13.2 Å². The fourth-order valence-corrected chi connectivity index (χ4v) is 5.08. The molecule has 1 heterocycles. The molecule has 1 saturated heterocycles. The molecular weight excluding hydrogens is 398 g/mol. The lowest BCUT2D eigenvalue weighted by Gasteiger charge is -2.30. The molecular formula is C23H31N3O3S. The minimum atomic E-state index is -3.65. The fraction of sp³-hybridized carbons (Fsp3) is 0.435. The van der Waals surface area contributed by atoms with Gasteiger partial charge in [0.2, 0.25) is 15.9 Å². The summed E-state index contributed by atoms with van der Waals surface area (Å²) < 4.78 is 26.5. The maximum Gasteiger partial charge on any atom is 0.248 e. The van der Waals surface area contributed by atoms with E-state index in [9.17, 15) is 13.2 Å². The zero-order valence-corrected chi connectivity index (χ0v) is 19.0. The Bertz CT molecular complexity index is 997. The first kappa shape index (κ1) is 22.2. The molecule has 1 aliphatic rings. The zero-order valence-electron chi connectivity index (χ0n) is 18.2. The topological polar surface area (TPSA) is 69.7 Å². The molecule has 0 aliphatic carbocycles. The number of nitrogens with one attached hydrogen (secondary N) is 1. The van der Waals surface area contributed by atoms with Crippen molar-refractivity contribution in [3.05, 3.63) is 53.6 Å². The molecule has 1 fully saturated rings. The molecule has 1 N–H and O–H groups in total. The molecule has 0 unspecified atom stereocenters. The summed E-state index contributed by atoms with van der Waals surface area (Å²) in [5.74, 6) is -0.338. The Balaban J connectivity index is 1.82. The van der Waals surface area contributed by atoms with Crippen LogP contribution in [0.5, 0.6) is 0 Å². The molecule has 1 amide bonds. The molecule has 0 aromatic heterocycles. The van der Waals surface area contributed by atoms with Gasteiger partial charge in [0.1, 0.15) is 6.04 Å². The molecule has 162 valence electrons. The largest absolute Gasteiger partial charge is 0.372 e. The second-order valence-electron chi connectivity index (χ2n) is 7.98. The lowest BCUT2D eigenvalue weighted by molar-refractivity contribution is -0.117. The number of amides is 1. The van der Waals surface area contributed by atoms with E-state index in [-0.39, 0.29) is 5.91 Å². The molecule has 2 aromatic rings. The van der Waals surface area contributed by atoms with Crippen LogP contribution >= 0.6 is 0 Å². The van der Waals surface area contributed by atoms with Crippen molar-refractivity contribution >= 4 is 33.0 Å². The van der Waals surface area contributed by atoms with Crippen LogP contribution in [0.2, 0.25) is 0 Å². The third kappa shape index (κ3) is 4.95. The summed E-state index contributed by atoms with van der Waals surface area (Å²) in [5.41, 5.74) is 4.36. The second kappa shape index (κ2) is 9.08. The van der Waals surface area contributed by atoms with E-state index in [1.165, 1.54) is 17.1 Å². The van der Waals surface area contributed by atoms with Crippen LogP contribution in [0, 0.1) is 13.8 Å². The van der Waals surface area contributed by atoms with Gasteiger partial charge in [-0.15, -0.1) is 0 Å². The Morgan fingerprint density at radius 1 is 1.07 bits per heavy atom. The van der Waals surface area contributed by atoms with Crippen LogP contribution in [-0.2, 0) is 14.8 Å². The van der Waals surface area contributed by atoms with Gasteiger partial charge < -0.3 is 10.2 Å². The highest BCUT2D eigenvalue weighted by Crippen LogP contribution is 2.26. The molecule has 6 nitrogen and oxygen atoms in total. The Labute approximate surface area is 179 Å². The summed E-state index contributed by atoms with van der Waals surface area (Å²) in [6.45, 7) is 7.84. The number of rotatable bonds is 7. The maximum atomic E-state index is 13.1. The van der Waals surface area contributed by atoms with Gasteiger partial charge in [0, 0.05) is 24.5 Å². The highest BCUT2D eigenvalue weighted by Gasteiger charge is 2.31. The van der Waals surface area contributed by atoms with E-state index in [0.717, 1.165) is 36.2 Å². The third-order valence-electron chi connectivity index (χ3n) is 5.68. The summed E-state index contributed by atoms with van der Waals surface area (Å²) in [4.78, 5) is 15.4. The molecule has 3 rings (SSSR count). The number of carbonyl (C=O) groups is 1. The van der Waals surface area contributed by atoms with Crippen LogP contribution in [0.25, 0.3) is 0 Å². The lowest BCUT2D eigenvalue weighted by Crippen LogP contribution is -2.47. The Morgan fingerprint density at radius 3 is 2.23 bits per heavy atom. The van der Waals surface area contributed by atoms with Gasteiger partial charge in [-0.3, -0.25) is 9.10 Å². The number of anilines is 3. The minimum absolute atomic E-state index is 0.338. The number of aryl methyl sites for hydroxylation is 2. The summed E-state index contributed by atoms with van der Waals surface area (Å²) in [6, 6.07) is 12.4. The van der Waals surface area contributed by atoms with Crippen molar-refractivity contribution in [3.8, 4) is 0 Å². The predicted octanol–water partition coefficient (Wildman–Crippen LogP) is 4.09. The van der Waals surface area contributed by atoms with E-state index in [0.29, 0.717) is 17.8 Å². The van der Waals surface area contributed by atoms with E-state index in [4.69, 9.17) is 0 Å².